The third-order valence-electron chi connectivity index (χ3n) is 2.04. The molecule has 0 unspecified atom stereocenters. The van der Waals surface area contributed by atoms with Crippen LogP contribution in [0.2, 0.25) is 0 Å². The quantitative estimate of drug-likeness (QED) is 0.622. The molecule has 5 nitrogen and oxygen atoms in total. The molecule has 0 aromatic carbocycles. The first-order valence-corrected chi connectivity index (χ1v) is 5.45. The van der Waals surface area contributed by atoms with E-state index in [1.807, 2.05) is 0 Å². The van der Waals surface area contributed by atoms with E-state index >= 15 is 0 Å². The second-order valence-corrected chi connectivity index (χ2v) is 4.34. The largest absolute Gasteiger partial charge is 0.351 e. The molecule has 0 aliphatic heterocycles. The van der Waals surface area contributed by atoms with E-state index in [4.69, 9.17) is 0 Å². The zero-order valence-corrected chi connectivity index (χ0v) is 7.64. The highest BCUT2D eigenvalue weighted by Crippen LogP contribution is 2.17. The van der Waals surface area contributed by atoms with Gasteiger partial charge in [0.2, 0.25) is 0 Å². The van der Waals surface area contributed by atoms with E-state index in [1.54, 1.807) is 0 Å². The molecule has 12 heavy (non-hydrogen) atoms. The number of hydrogen-bond acceptors (Lipinski definition) is 4. The van der Waals surface area contributed by atoms with Crippen molar-refractivity contribution in [3.8, 4) is 0 Å². The smallest absolute Gasteiger partial charge is 0.196 e. The summed E-state index contributed by atoms with van der Waals surface area (Å²) in [5.74, 6) is 4.57. The molecule has 0 saturated heterocycles. The topological polar surface area (TPSA) is 81.4 Å². The molecule has 1 aliphatic carbocycles. The van der Waals surface area contributed by atoms with Crippen LogP contribution in [0.5, 0.6) is 0 Å². The fraction of sp³-hybridized carbons (Fsp3) is 1.00. The van der Waals surface area contributed by atoms with Crippen molar-refractivity contribution in [2.24, 2.45) is 5.90 Å². The molecule has 6 heteroatoms. The van der Waals surface area contributed by atoms with E-state index < -0.39 is 10.3 Å². The Hall–Kier alpha value is -0.170. The van der Waals surface area contributed by atoms with Crippen molar-refractivity contribution in [2.75, 3.05) is 0 Å². The summed E-state index contributed by atoms with van der Waals surface area (Å²) in [4.78, 5) is 0. The summed E-state index contributed by atoms with van der Waals surface area (Å²) < 4.78 is 27.8. The lowest BCUT2D eigenvalue weighted by Gasteiger charge is -2.21. The molecule has 0 atom stereocenters. The Morgan fingerprint density at radius 3 is 2.33 bits per heavy atom. The van der Waals surface area contributed by atoms with Crippen molar-refractivity contribution in [3.63, 3.8) is 0 Å². The van der Waals surface area contributed by atoms with Crippen molar-refractivity contribution >= 4 is 10.3 Å². The molecule has 1 saturated carbocycles. The van der Waals surface area contributed by atoms with Crippen LogP contribution in [0, 0.1) is 0 Å². The number of nitrogens with two attached hydrogens (primary N) is 1. The maximum atomic E-state index is 10.8. The molecule has 0 spiro atoms. The minimum Gasteiger partial charge on any atom is -0.196 e. The van der Waals surface area contributed by atoms with Crippen LogP contribution in [-0.4, -0.2) is 14.5 Å². The van der Waals surface area contributed by atoms with Gasteiger partial charge in [-0.15, -0.1) is 0 Å². The van der Waals surface area contributed by atoms with Gasteiger partial charge in [0, 0.05) is 6.04 Å². The highest BCUT2D eigenvalue weighted by Gasteiger charge is 2.19. The molecule has 0 radical (unpaired) electrons. The highest BCUT2D eigenvalue weighted by atomic mass is 32.2. The van der Waals surface area contributed by atoms with Crippen LogP contribution in [0.3, 0.4) is 0 Å². The van der Waals surface area contributed by atoms with Gasteiger partial charge in [0.25, 0.3) is 0 Å². The summed E-state index contributed by atoms with van der Waals surface area (Å²) in [6.45, 7) is 0. The highest BCUT2D eigenvalue weighted by molar-refractivity contribution is 7.84. The lowest BCUT2D eigenvalue weighted by Crippen LogP contribution is -2.38. The Morgan fingerprint density at radius 1 is 1.25 bits per heavy atom. The Balaban J connectivity index is 2.39. The normalized spacial score (nSPS) is 21.1. The zero-order chi connectivity index (χ0) is 9.03. The molecule has 1 fully saturated rings. The summed E-state index contributed by atoms with van der Waals surface area (Å²) >= 11 is 0. The average Bonchev–Trinajstić information content (AvgIpc) is 2.06. The standard InChI is InChI=1S/C6H14N2O3S/c7-11-12(9,10)8-6-4-2-1-3-5-6/h6,8H,1-5,7H2. The number of nitrogens with one attached hydrogen (secondary N) is 1. The van der Waals surface area contributed by atoms with Crippen LogP contribution < -0.4 is 10.6 Å². The molecule has 0 aromatic rings. The van der Waals surface area contributed by atoms with Crippen LogP contribution in [0.15, 0.2) is 0 Å². The minimum absolute atomic E-state index is 0.00676. The van der Waals surface area contributed by atoms with Crippen molar-refractivity contribution < 1.29 is 12.7 Å². The third kappa shape index (κ3) is 3.06. The van der Waals surface area contributed by atoms with E-state index in [0.717, 1.165) is 25.7 Å². The Bertz CT molecular complexity index is 221. The molecule has 0 bridgehead atoms. The van der Waals surface area contributed by atoms with Gasteiger partial charge >= 0.3 is 10.3 Å². The number of hydrogen-bond donors (Lipinski definition) is 2. The van der Waals surface area contributed by atoms with E-state index in [0.29, 0.717) is 0 Å². The van der Waals surface area contributed by atoms with E-state index in [-0.39, 0.29) is 6.04 Å². The fourth-order valence-electron chi connectivity index (χ4n) is 1.45. The summed E-state index contributed by atoms with van der Waals surface area (Å²) in [6, 6.07) is 0.00676. The van der Waals surface area contributed by atoms with Crippen LogP contribution >= 0.6 is 0 Å². The van der Waals surface area contributed by atoms with Crippen LogP contribution in [0.25, 0.3) is 0 Å². The summed E-state index contributed by atoms with van der Waals surface area (Å²) in [7, 11) is -3.69. The third-order valence-corrected chi connectivity index (χ3v) is 2.92. The molecule has 0 aromatic heterocycles. The zero-order valence-electron chi connectivity index (χ0n) is 6.82. The van der Waals surface area contributed by atoms with E-state index in [1.165, 1.54) is 6.42 Å². The lowest BCUT2D eigenvalue weighted by molar-refractivity contribution is 0.310. The summed E-state index contributed by atoms with van der Waals surface area (Å²) in [5, 5.41) is 0. The SMILES string of the molecule is NOS(=O)(=O)NC1CCCCC1. The first-order valence-electron chi connectivity index (χ1n) is 4.04. The van der Waals surface area contributed by atoms with Crippen molar-refractivity contribution in [1.82, 2.24) is 4.72 Å². The van der Waals surface area contributed by atoms with E-state index in [9.17, 15) is 8.42 Å². The van der Waals surface area contributed by atoms with Crippen molar-refractivity contribution in [3.05, 3.63) is 0 Å². The van der Waals surface area contributed by atoms with Gasteiger partial charge in [-0.1, -0.05) is 19.3 Å². The molecule has 0 heterocycles. The Kier molecular flexibility index (Phi) is 3.45. The van der Waals surface area contributed by atoms with Crippen LogP contribution in [0.1, 0.15) is 32.1 Å². The van der Waals surface area contributed by atoms with Gasteiger partial charge < -0.3 is 0 Å². The molecule has 72 valence electrons. The Labute approximate surface area is 72.5 Å². The van der Waals surface area contributed by atoms with Crippen molar-refractivity contribution in [1.29, 1.82) is 0 Å². The molecule has 3 N–H and O–H groups in total. The molecular formula is C6H14N2O3S. The number of rotatable bonds is 3. The lowest BCUT2D eigenvalue weighted by atomic mass is 9.96. The van der Waals surface area contributed by atoms with Gasteiger partial charge in [-0.3, -0.25) is 0 Å². The van der Waals surface area contributed by atoms with Gasteiger partial charge in [0.15, 0.2) is 0 Å². The van der Waals surface area contributed by atoms with Gasteiger partial charge in [0.1, 0.15) is 0 Å². The van der Waals surface area contributed by atoms with Crippen LogP contribution in [-0.2, 0) is 14.6 Å². The maximum Gasteiger partial charge on any atom is 0.351 e. The Morgan fingerprint density at radius 2 is 1.83 bits per heavy atom. The second kappa shape index (κ2) is 4.18. The second-order valence-electron chi connectivity index (χ2n) is 3.00. The maximum absolute atomic E-state index is 10.8. The summed E-state index contributed by atoms with van der Waals surface area (Å²) in [6.07, 6.45) is 5.07. The van der Waals surface area contributed by atoms with E-state index in [2.05, 4.69) is 14.9 Å². The van der Waals surface area contributed by atoms with Gasteiger partial charge in [-0.05, 0) is 12.8 Å². The molecule has 1 rings (SSSR count). The first kappa shape index (κ1) is 9.91. The van der Waals surface area contributed by atoms with Gasteiger partial charge in [-0.25, -0.2) is 0 Å². The average molecular weight is 194 g/mol. The minimum atomic E-state index is -3.69. The van der Waals surface area contributed by atoms with Crippen molar-refractivity contribution in [2.45, 2.75) is 38.1 Å². The van der Waals surface area contributed by atoms with Gasteiger partial charge in [-0.2, -0.15) is 23.3 Å². The monoisotopic (exact) mass is 194 g/mol. The predicted octanol–water partition coefficient (Wildman–Crippen LogP) is 0.0438. The molecule has 0 amide bonds. The van der Waals surface area contributed by atoms with Crippen LogP contribution in [0.4, 0.5) is 0 Å². The molecule has 1 aliphatic rings. The summed E-state index contributed by atoms with van der Waals surface area (Å²) in [5.41, 5.74) is 0. The fourth-order valence-corrected chi connectivity index (χ4v) is 2.15. The first-order chi connectivity index (χ1) is 5.64. The predicted molar refractivity (Wildman–Crippen MR) is 44.2 cm³/mol. The molecular weight excluding hydrogens is 180 g/mol. The van der Waals surface area contributed by atoms with Gasteiger partial charge in [0.05, 0.1) is 0 Å².